The molecule has 0 aromatic carbocycles. The van der Waals surface area contributed by atoms with Crippen LogP contribution in [0.2, 0.25) is 0 Å². The van der Waals surface area contributed by atoms with E-state index in [1.807, 2.05) is 11.3 Å². The number of anilines is 1. The van der Waals surface area contributed by atoms with E-state index in [4.69, 9.17) is 0 Å². The predicted molar refractivity (Wildman–Crippen MR) is 45.8 cm³/mol. The highest BCUT2D eigenvalue weighted by Gasteiger charge is 2.30. The summed E-state index contributed by atoms with van der Waals surface area (Å²) in [6.07, 6.45) is 0. The van der Waals surface area contributed by atoms with E-state index in [0.717, 1.165) is 6.54 Å². The highest BCUT2D eigenvalue weighted by molar-refractivity contribution is 7.10. The van der Waals surface area contributed by atoms with Crippen LogP contribution in [0.3, 0.4) is 0 Å². The van der Waals surface area contributed by atoms with Gasteiger partial charge in [0.15, 0.2) is 0 Å². The van der Waals surface area contributed by atoms with E-state index >= 15 is 0 Å². The van der Waals surface area contributed by atoms with Crippen molar-refractivity contribution in [2.75, 3.05) is 11.9 Å². The summed E-state index contributed by atoms with van der Waals surface area (Å²) in [5.41, 5.74) is 1.71. The van der Waals surface area contributed by atoms with Crippen molar-refractivity contribution in [3.05, 3.63) is 16.3 Å². The molecule has 1 aliphatic heterocycles. The van der Waals surface area contributed by atoms with Gasteiger partial charge < -0.3 is 5.32 Å². The predicted octanol–water partition coefficient (Wildman–Crippen LogP) is 2.45. The first-order valence-electron chi connectivity index (χ1n) is 3.52. The van der Waals surface area contributed by atoms with Gasteiger partial charge in [0.25, 0.3) is 0 Å². The standard InChI is InChI=1S/C8H11NS/c1-8(2)5-9-6-3-4-10-7(6)8/h3-4,9H,5H2,1-2H3. The maximum atomic E-state index is 3.38. The molecular formula is C8H11NS. The van der Waals surface area contributed by atoms with Crippen molar-refractivity contribution in [3.63, 3.8) is 0 Å². The van der Waals surface area contributed by atoms with Gasteiger partial charge in [-0.1, -0.05) is 13.8 Å². The third-order valence-corrected chi connectivity index (χ3v) is 3.28. The van der Waals surface area contributed by atoms with Crippen molar-refractivity contribution in [1.29, 1.82) is 0 Å². The fraction of sp³-hybridized carbons (Fsp3) is 0.500. The zero-order chi connectivity index (χ0) is 7.19. The monoisotopic (exact) mass is 153 g/mol. The molecule has 10 heavy (non-hydrogen) atoms. The van der Waals surface area contributed by atoms with Crippen LogP contribution in [0.4, 0.5) is 5.69 Å². The Labute approximate surface area is 65.1 Å². The number of hydrogen-bond donors (Lipinski definition) is 1. The van der Waals surface area contributed by atoms with Crippen LogP contribution < -0.4 is 5.32 Å². The second-order valence-corrected chi connectivity index (χ2v) is 4.32. The molecule has 1 nitrogen and oxygen atoms in total. The Balaban J connectivity index is 2.54. The van der Waals surface area contributed by atoms with Gasteiger partial charge in [-0.15, -0.1) is 11.3 Å². The average Bonchev–Trinajstić information content (AvgIpc) is 2.36. The van der Waals surface area contributed by atoms with Gasteiger partial charge in [-0.25, -0.2) is 0 Å². The van der Waals surface area contributed by atoms with Crippen LogP contribution in [-0.2, 0) is 5.41 Å². The third-order valence-electron chi connectivity index (χ3n) is 2.00. The molecule has 0 unspecified atom stereocenters. The molecule has 2 rings (SSSR count). The largest absolute Gasteiger partial charge is 0.383 e. The fourth-order valence-electron chi connectivity index (χ4n) is 1.37. The van der Waals surface area contributed by atoms with E-state index in [9.17, 15) is 0 Å². The third kappa shape index (κ3) is 0.686. The molecule has 0 spiro atoms. The highest BCUT2D eigenvalue weighted by atomic mass is 32.1. The van der Waals surface area contributed by atoms with Crippen LogP contribution >= 0.6 is 11.3 Å². The van der Waals surface area contributed by atoms with Crippen LogP contribution in [0.25, 0.3) is 0 Å². The summed E-state index contributed by atoms with van der Waals surface area (Å²) >= 11 is 1.86. The summed E-state index contributed by atoms with van der Waals surface area (Å²) in [5, 5.41) is 5.53. The normalized spacial score (nSPS) is 20.2. The summed E-state index contributed by atoms with van der Waals surface area (Å²) in [6.45, 7) is 5.65. The smallest absolute Gasteiger partial charge is 0.0488 e. The van der Waals surface area contributed by atoms with Crippen molar-refractivity contribution in [2.24, 2.45) is 0 Å². The van der Waals surface area contributed by atoms with Gasteiger partial charge >= 0.3 is 0 Å². The lowest BCUT2D eigenvalue weighted by atomic mass is 9.94. The van der Waals surface area contributed by atoms with E-state index in [2.05, 4.69) is 30.6 Å². The molecule has 0 bridgehead atoms. The minimum atomic E-state index is 0.365. The Bertz CT molecular complexity index is 250. The molecule has 2 heteroatoms. The lowest BCUT2D eigenvalue weighted by Crippen LogP contribution is -2.18. The first kappa shape index (κ1) is 6.23. The number of fused-ring (bicyclic) bond motifs is 1. The van der Waals surface area contributed by atoms with E-state index in [0.29, 0.717) is 5.41 Å². The van der Waals surface area contributed by atoms with Crippen LogP contribution in [0.15, 0.2) is 11.4 Å². The topological polar surface area (TPSA) is 12.0 Å². The van der Waals surface area contributed by atoms with Gasteiger partial charge in [-0.05, 0) is 11.4 Å². The maximum Gasteiger partial charge on any atom is 0.0488 e. The van der Waals surface area contributed by atoms with Crippen molar-refractivity contribution < 1.29 is 0 Å². The molecule has 0 saturated heterocycles. The fourth-order valence-corrected chi connectivity index (χ4v) is 2.37. The van der Waals surface area contributed by atoms with E-state index in [1.165, 1.54) is 10.6 Å². The minimum Gasteiger partial charge on any atom is -0.383 e. The Hall–Kier alpha value is -0.500. The molecule has 54 valence electrons. The van der Waals surface area contributed by atoms with Crippen molar-refractivity contribution in [3.8, 4) is 0 Å². The lowest BCUT2D eigenvalue weighted by Gasteiger charge is -2.14. The van der Waals surface area contributed by atoms with E-state index in [1.54, 1.807) is 0 Å². The Morgan fingerprint density at radius 1 is 1.60 bits per heavy atom. The van der Waals surface area contributed by atoms with Gasteiger partial charge in [0.2, 0.25) is 0 Å². The van der Waals surface area contributed by atoms with Gasteiger partial charge in [-0.2, -0.15) is 0 Å². The Morgan fingerprint density at radius 3 is 3.10 bits per heavy atom. The number of hydrogen-bond acceptors (Lipinski definition) is 2. The van der Waals surface area contributed by atoms with Gasteiger partial charge in [0, 0.05) is 22.5 Å². The summed E-state index contributed by atoms with van der Waals surface area (Å²) in [4.78, 5) is 1.51. The zero-order valence-corrected chi connectivity index (χ0v) is 7.09. The van der Waals surface area contributed by atoms with Gasteiger partial charge in [0.1, 0.15) is 0 Å². The van der Waals surface area contributed by atoms with Crippen molar-refractivity contribution in [2.45, 2.75) is 19.3 Å². The van der Waals surface area contributed by atoms with Crippen molar-refractivity contribution in [1.82, 2.24) is 0 Å². The molecule has 0 amide bonds. The molecule has 0 fully saturated rings. The summed E-state index contributed by atoms with van der Waals surface area (Å²) in [6, 6.07) is 2.16. The van der Waals surface area contributed by atoms with Crippen LogP contribution in [0.1, 0.15) is 18.7 Å². The lowest BCUT2D eigenvalue weighted by molar-refractivity contribution is 0.597. The molecule has 2 heterocycles. The first-order valence-corrected chi connectivity index (χ1v) is 4.40. The molecule has 1 aromatic rings. The summed E-state index contributed by atoms with van der Waals surface area (Å²) in [5.74, 6) is 0. The average molecular weight is 153 g/mol. The Kier molecular flexibility index (Phi) is 1.09. The number of nitrogens with one attached hydrogen (secondary N) is 1. The van der Waals surface area contributed by atoms with Gasteiger partial charge in [0.05, 0.1) is 0 Å². The van der Waals surface area contributed by atoms with Gasteiger partial charge in [-0.3, -0.25) is 0 Å². The zero-order valence-electron chi connectivity index (χ0n) is 6.27. The molecule has 0 aliphatic carbocycles. The second kappa shape index (κ2) is 1.76. The quantitative estimate of drug-likeness (QED) is 0.603. The first-order chi connectivity index (χ1) is 4.70. The maximum absolute atomic E-state index is 3.38. The number of thiophene rings is 1. The molecule has 0 saturated carbocycles. The van der Waals surface area contributed by atoms with E-state index < -0.39 is 0 Å². The molecule has 1 aromatic heterocycles. The van der Waals surface area contributed by atoms with Crippen LogP contribution in [0, 0.1) is 0 Å². The van der Waals surface area contributed by atoms with Crippen molar-refractivity contribution >= 4 is 17.0 Å². The summed E-state index contributed by atoms with van der Waals surface area (Å²) in [7, 11) is 0. The highest BCUT2D eigenvalue weighted by Crippen LogP contribution is 2.39. The molecular weight excluding hydrogens is 142 g/mol. The molecule has 0 atom stereocenters. The SMILES string of the molecule is CC1(C)CNc2ccsc21. The molecule has 0 radical (unpaired) electrons. The molecule has 1 aliphatic rings. The molecule has 1 N–H and O–H groups in total. The minimum absolute atomic E-state index is 0.365. The van der Waals surface area contributed by atoms with E-state index in [-0.39, 0.29) is 0 Å². The Morgan fingerprint density at radius 2 is 2.40 bits per heavy atom. The van der Waals surface area contributed by atoms with Crippen LogP contribution in [-0.4, -0.2) is 6.54 Å². The summed E-state index contributed by atoms with van der Waals surface area (Å²) < 4.78 is 0. The second-order valence-electron chi connectivity index (χ2n) is 3.40. The van der Waals surface area contributed by atoms with Crippen LogP contribution in [0.5, 0.6) is 0 Å². The number of rotatable bonds is 0.